The third-order valence-corrected chi connectivity index (χ3v) is 10.2. The molecule has 4 aliphatic heterocycles. The number of hydrogen-bond donors (Lipinski definition) is 4. The summed E-state index contributed by atoms with van der Waals surface area (Å²) >= 11 is 3.23. The normalized spacial score (nSPS) is 31.3. The number of rotatable bonds is 11. The van der Waals surface area contributed by atoms with E-state index in [1.54, 1.807) is 11.8 Å². The lowest BCUT2D eigenvalue weighted by Gasteiger charge is -2.47. The summed E-state index contributed by atoms with van der Waals surface area (Å²) in [7, 11) is 0. The average Bonchev–Trinajstić information content (AvgIpc) is 3.67. The van der Waals surface area contributed by atoms with Gasteiger partial charge in [0.2, 0.25) is 11.8 Å². The zero-order valence-electron chi connectivity index (χ0n) is 21.2. The molecular weight excluding hydrogens is 532 g/mol. The molecule has 1 aromatic rings. The fraction of sp³-hybridized carbons (Fsp3) is 0.696. The van der Waals surface area contributed by atoms with Gasteiger partial charge in [-0.25, -0.2) is 9.48 Å². The molecule has 0 aliphatic carbocycles. The van der Waals surface area contributed by atoms with Crippen LogP contribution in [-0.4, -0.2) is 102 Å². The number of carboxylic acids is 1. The van der Waals surface area contributed by atoms with Gasteiger partial charge in [-0.3, -0.25) is 19.7 Å². The SMILES string of the molecule is C[C@@H](CC(=O)Cn1cnnn1)[C@H]1C(=O)N2C(C(=O)O)=C(SC3CNC(CNC(=O)C4CSCN4)C3)[C@H](C)[C@H]12. The Kier molecular flexibility index (Phi) is 8.07. The molecule has 3 saturated heterocycles. The summed E-state index contributed by atoms with van der Waals surface area (Å²) in [5, 5.41) is 30.5. The molecule has 0 bridgehead atoms. The first kappa shape index (κ1) is 27.1. The fourth-order valence-electron chi connectivity index (χ4n) is 5.87. The van der Waals surface area contributed by atoms with Crippen LogP contribution < -0.4 is 16.0 Å². The van der Waals surface area contributed by atoms with E-state index in [0.717, 1.165) is 18.1 Å². The van der Waals surface area contributed by atoms with Crippen molar-refractivity contribution in [3.8, 4) is 0 Å². The van der Waals surface area contributed by atoms with Gasteiger partial charge in [-0.15, -0.1) is 28.6 Å². The molecule has 5 rings (SSSR count). The van der Waals surface area contributed by atoms with E-state index in [2.05, 4.69) is 31.5 Å². The Morgan fingerprint density at radius 1 is 1.34 bits per heavy atom. The molecule has 15 heteroatoms. The number of nitrogens with one attached hydrogen (secondary N) is 3. The van der Waals surface area contributed by atoms with Crippen LogP contribution in [0.5, 0.6) is 0 Å². The Morgan fingerprint density at radius 3 is 2.84 bits per heavy atom. The highest BCUT2D eigenvalue weighted by Crippen LogP contribution is 2.53. The highest BCUT2D eigenvalue weighted by Gasteiger charge is 2.60. The van der Waals surface area contributed by atoms with Crippen LogP contribution in [0.25, 0.3) is 0 Å². The van der Waals surface area contributed by atoms with Gasteiger partial charge >= 0.3 is 5.97 Å². The number of nitrogens with zero attached hydrogens (tertiary/aromatic N) is 5. The quantitative estimate of drug-likeness (QED) is 0.249. The van der Waals surface area contributed by atoms with Crippen molar-refractivity contribution in [3.63, 3.8) is 0 Å². The topological polar surface area (TPSA) is 171 Å². The number of carbonyl (C=O) groups is 4. The maximum Gasteiger partial charge on any atom is 0.353 e. The molecule has 0 radical (unpaired) electrons. The van der Waals surface area contributed by atoms with Crippen LogP contribution in [-0.2, 0) is 25.7 Å². The van der Waals surface area contributed by atoms with Gasteiger partial charge in [-0.1, -0.05) is 13.8 Å². The highest BCUT2D eigenvalue weighted by atomic mass is 32.2. The predicted octanol–water partition coefficient (Wildman–Crippen LogP) is -0.716. The summed E-state index contributed by atoms with van der Waals surface area (Å²) < 4.78 is 1.35. The number of fused-ring (bicyclic) bond motifs is 1. The Bertz CT molecular complexity index is 1130. The minimum Gasteiger partial charge on any atom is -0.477 e. The van der Waals surface area contributed by atoms with Crippen molar-refractivity contribution in [3.05, 3.63) is 16.9 Å². The number of carboxylic acid groups (broad SMARTS) is 1. The largest absolute Gasteiger partial charge is 0.477 e. The lowest BCUT2D eigenvalue weighted by atomic mass is 9.73. The highest BCUT2D eigenvalue weighted by molar-refractivity contribution is 8.03. The molecule has 38 heavy (non-hydrogen) atoms. The van der Waals surface area contributed by atoms with Gasteiger partial charge in [-0.05, 0) is 22.8 Å². The number of ketones is 1. The minimum absolute atomic E-state index is 0.00711. The van der Waals surface area contributed by atoms with Crippen LogP contribution in [0.4, 0.5) is 0 Å². The van der Waals surface area contributed by atoms with Crippen molar-refractivity contribution in [2.75, 3.05) is 24.7 Å². The van der Waals surface area contributed by atoms with Crippen LogP contribution >= 0.6 is 23.5 Å². The van der Waals surface area contributed by atoms with Crippen molar-refractivity contribution in [1.29, 1.82) is 0 Å². The van der Waals surface area contributed by atoms with Gasteiger partial charge in [-0.2, -0.15) is 0 Å². The first-order chi connectivity index (χ1) is 18.2. The standard InChI is InChI=1S/C23H32N8O5S2/c1-11(3-14(32)7-30-9-27-28-29-30)17-18-12(2)20(19(23(35)36)31(18)22(17)34)38-15-4-13(24-6-15)5-25-21(33)16-8-37-10-26-16/h9,11-13,15-18,24,26H,3-8,10H2,1-2H3,(H,25,33)(H,35,36)/t11-,12+,13?,15?,16?,17+,18+/m0/s1. The maximum atomic E-state index is 13.1. The van der Waals surface area contributed by atoms with E-state index in [4.69, 9.17) is 0 Å². The van der Waals surface area contributed by atoms with E-state index < -0.39 is 11.9 Å². The summed E-state index contributed by atoms with van der Waals surface area (Å²) in [6.45, 7) is 5.09. The zero-order valence-corrected chi connectivity index (χ0v) is 22.8. The van der Waals surface area contributed by atoms with Crippen LogP contribution in [0, 0.1) is 17.8 Å². The molecule has 5 heterocycles. The summed E-state index contributed by atoms with van der Waals surface area (Å²) in [6, 6.07) is -0.316. The summed E-state index contributed by atoms with van der Waals surface area (Å²) in [5.41, 5.74) is 0.0718. The van der Waals surface area contributed by atoms with E-state index >= 15 is 0 Å². The number of carbonyl (C=O) groups excluding carboxylic acids is 3. The molecule has 0 aromatic carbocycles. The Labute approximate surface area is 228 Å². The first-order valence-corrected chi connectivity index (χ1v) is 14.8. The van der Waals surface area contributed by atoms with Crippen LogP contribution in [0.3, 0.4) is 0 Å². The molecule has 206 valence electrons. The van der Waals surface area contributed by atoms with Gasteiger partial charge in [0, 0.05) is 53.3 Å². The molecule has 3 unspecified atom stereocenters. The fourth-order valence-corrected chi connectivity index (χ4v) is 8.33. The van der Waals surface area contributed by atoms with Gasteiger partial charge in [0.05, 0.1) is 18.0 Å². The van der Waals surface area contributed by atoms with Crippen molar-refractivity contribution in [2.24, 2.45) is 17.8 Å². The Morgan fingerprint density at radius 2 is 2.16 bits per heavy atom. The molecule has 4 aliphatic rings. The second kappa shape index (κ2) is 11.3. The summed E-state index contributed by atoms with van der Waals surface area (Å²) in [6.07, 6.45) is 2.34. The number of aromatic nitrogens is 4. The number of tetrazole rings is 1. The summed E-state index contributed by atoms with van der Waals surface area (Å²) in [5.74, 6) is -0.645. The first-order valence-electron chi connectivity index (χ1n) is 12.8. The number of hydrogen-bond acceptors (Lipinski definition) is 11. The smallest absolute Gasteiger partial charge is 0.353 e. The monoisotopic (exact) mass is 564 g/mol. The predicted molar refractivity (Wildman–Crippen MR) is 140 cm³/mol. The van der Waals surface area contributed by atoms with Crippen LogP contribution in [0.15, 0.2) is 16.9 Å². The molecular formula is C23H32N8O5S2. The van der Waals surface area contributed by atoms with E-state index in [0.29, 0.717) is 18.0 Å². The summed E-state index contributed by atoms with van der Waals surface area (Å²) in [4.78, 5) is 52.4. The van der Waals surface area contributed by atoms with Crippen molar-refractivity contribution >= 4 is 47.1 Å². The maximum absolute atomic E-state index is 13.1. The van der Waals surface area contributed by atoms with E-state index in [1.165, 1.54) is 27.7 Å². The molecule has 3 fully saturated rings. The van der Waals surface area contributed by atoms with E-state index in [9.17, 15) is 24.3 Å². The number of aliphatic carboxylic acids is 1. The van der Waals surface area contributed by atoms with Crippen molar-refractivity contribution in [2.45, 2.75) is 56.6 Å². The second-order valence-corrected chi connectivity index (χ2v) is 12.7. The third kappa shape index (κ3) is 5.33. The zero-order chi connectivity index (χ0) is 27.0. The Hall–Kier alpha value is -2.49. The molecule has 0 saturated carbocycles. The van der Waals surface area contributed by atoms with Gasteiger partial charge in [0.25, 0.3) is 0 Å². The Balaban J connectivity index is 1.18. The molecule has 0 spiro atoms. The van der Waals surface area contributed by atoms with Crippen LogP contribution in [0.2, 0.25) is 0 Å². The van der Waals surface area contributed by atoms with Gasteiger partial charge in [0.15, 0.2) is 5.78 Å². The van der Waals surface area contributed by atoms with E-state index in [-0.39, 0.29) is 71.5 Å². The lowest BCUT2D eigenvalue weighted by Crippen LogP contribution is -2.62. The van der Waals surface area contributed by atoms with Crippen LogP contribution in [0.1, 0.15) is 26.7 Å². The average molecular weight is 565 g/mol. The van der Waals surface area contributed by atoms with Crippen molar-refractivity contribution < 1.29 is 24.3 Å². The van der Waals surface area contributed by atoms with Crippen molar-refractivity contribution in [1.82, 2.24) is 41.1 Å². The lowest BCUT2D eigenvalue weighted by molar-refractivity contribution is -0.160. The number of amides is 2. The minimum atomic E-state index is -1.10. The molecule has 13 nitrogen and oxygen atoms in total. The number of Topliss-reactive ketones (excluding diaryl/α,β-unsaturated/α-hetero) is 1. The molecule has 4 N–H and O–H groups in total. The van der Waals surface area contributed by atoms with E-state index in [1.807, 2.05) is 13.8 Å². The second-order valence-electron chi connectivity index (χ2n) is 10.4. The molecule has 1 aromatic heterocycles. The number of β-lactam (4-membered cyclic amide) rings is 1. The van der Waals surface area contributed by atoms with Gasteiger partial charge in [0.1, 0.15) is 18.6 Å². The molecule has 2 amide bonds. The molecule has 7 atom stereocenters. The van der Waals surface area contributed by atoms with Gasteiger partial charge < -0.3 is 20.6 Å². The third-order valence-electron chi connectivity index (χ3n) is 7.71. The number of thioether (sulfide) groups is 2.